The van der Waals surface area contributed by atoms with Crippen LogP contribution in [0.3, 0.4) is 0 Å². The minimum absolute atomic E-state index is 0.393. The molecule has 2 aliphatic rings. The summed E-state index contributed by atoms with van der Waals surface area (Å²) in [6.07, 6.45) is 8.19. The maximum Gasteiger partial charge on any atom is 0.0272 e. The van der Waals surface area contributed by atoms with Gasteiger partial charge in [-0.05, 0) is 44.6 Å². The summed E-state index contributed by atoms with van der Waals surface area (Å²) in [6.45, 7) is 4.74. The van der Waals surface area contributed by atoms with Crippen molar-refractivity contribution in [2.45, 2.75) is 70.5 Å². The molecular weight excluding hydrogens is 196 g/mol. The highest BCUT2D eigenvalue weighted by molar-refractivity contribution is 4.94. The molecule has 0 aromatic heterocycles. The fourth-order valence-corrected chi connectivity index (χ4v) is 4.15. The van der Waals surface area contributed by atoms with E-state index in [1.165, 1.54) is 38.5 Å². The molecule has 2 heteroatoms. The molecule has 2 nitrogen and oxygen atoms in total. The second-order valence-electron chi connectivity index (χ2n) is 6.31. The zero-order valence-electron chi connectivity index (χ0n) is 11.2. The van der Waals surface area contributed by atoms with Crippen LogP contribution in [0.4, 0.5) is 0 Å². The maximum atomic E-state index is 6.39. The van der Waals surface area contributed by atoms with Crippen LogP contribution in [0.15, 0.2) is 0 Å². The lowest BCUT2D eigenvalue weighted by Gasteiger charge is -2.45. The highest BCUT2D eigenvalue weighted by Gasteiger charge is 2.37. The van der Waals surface area contributed by atoms with Crippen LogP contribution in [0.1, 0.15) is 52.4 Å². The predicted octanol–water partition coefficient (Wildman–Crippen LogP) is 2.62. The summed E-state index contributed by atoms with van der Waals surface area (Å²) in [7, 11) is 2.31. The highest BCUT2D eigenvalue weighted by Crippen LogP contribution is 2.34. The lowest BCUT2D eigenvalue weighted by Crippen LogP contribution is -2.55. The Morgan fingerprint density at radius 1 is 1.06 bits per heavy atom. The second-order valence-corrected chi connectivity index (χ2v) is 6.31. The van der Waals surface area contributed by atoms with Crippen molar-refractivity contribution in [1.29, 1.82) is 0 Å². The second kappa shape index (κ2) is 5.05. The van der Waals surface area contributed by atoms with Gasteiger partial charge in [0.25, 0.3) is 0 Å². The molecule has 0 aromatic carbocycles. The standard InChI is InChI=1S/C14H28N2/c1-10-8-11(2)14(13(15)9-10)16(3)12-6-4-5-7-12/h10-14H,4-9,15H2,1-3H3. The van der Waals surface area contributed by atoms with Gasteiger partial charge in [-0.3, -0.25) is 4.90 Å². The van der Waals surface area contributed by atoms with Gasteiger partial charge in [-0.1, -0.05) is 26.7 Å². The molecule has 0 saturated heterocycles. The average Bonchev–Trinajstić information content (AvgIpc) is 2.67. The molecule has 0 aliphatic heterocycles. The van der Waals surface area contributed by atoms with Crippen LogP contribution in [0.2, 0.25) is 0 Å². The first-order valence-electron chi connectivity index (χ1n) is 7.07. The molecule has 94 valence electrons. The number of hydrogen-bond donors (Lipinski definition) is 1. The van der Waals surface area contributed by atoms with Crippen LogP contribution in [-0.2, 0) is 0 Å². The Morgan fingerprint density at radius 2 is 1.69 bits per heavy atom. The van der Waals surface area contributed by atoms with E-state index in [1.807, 2.05) is 0 Å². The Morgan fingerprint density at radius 3 is 2.25 bits per heavy atom. The Bertz CT molecular complexity index is 211. The van der Waals surface area contributed by atoms with Crippen LogP contribution in [0, 0.1) is 11.8 Å². The van der Waals surface area contributed by atoms with Crippen molar-refractivity contribution in [3.8, 4) is 0 Å². The van der Waals surface area contributed by atoms with E-state index in [0.717, 1.165) is 17.9 Å². The monoisotopic (exact) mass is 224 g/mol. The zero-order chi connectivity index (χ0) is 11.7. The fraction of sp³-hybridized carbons (Fsp3) is 1.00. The lowest BCUT2D eigenvalue weighted by molar-refractivity contribution is 0.0652. The van der Waals surface area contributed by atoms with Crippen LogP contribution < -0.4 is 5.73 Å². The maximum absolute atomic E-state index is 6.39. The summed E-state index contributed by atoms with van der Waals surface area (Å²) >= 11 is 0. The average molecular weight is 224 g/mol. The summed E-state index contributed by atoms with van der Waals surface area (Å²) in [5, 5.41) is 0. The van der Waals surface area contributed by atoms with E-state index in [1.54, 1.807) is 0 Å². The van der Waals surface area contributed by atoms with Crippen molar-refractivity contribution < 1.29 is 0 Å². The van der Waals surface area contributed by atoms with Crippen molar-refractivity contribution in [3.05, 3.63) is 0 Å². The number of nitrogens with two attached hydrogens (primary N) is 1. The summed E-state index contributed by atoms with van der Waals surface area (Å²) in [5.74, 6) is 1.59. The highest BCUT2D eigenvalue weighted by atomic mass is 15.2. The van der Waals surface area contributed by atoms with E-state index in [0.29, 0.717) is 12.1 Å². The molecule has 0 radical (unpaired) electrons. The van der Waals surface area contributed by atoms with E-state index < -0.39 is 0 Å². The Kier molecular flexibility index (Phi) is 3.91. The van der Waals surface area contributed by atoms with Gasteiger partial charge in [0.1, 0.15) is 0 Å². The quantitative estimate of drug-likeness (QED) is 0.781. The van der Waals surface area contributed by atoms with Gasteiger partial charge >= 0.3 is 0 Å². The van der Waals surface area contributed by atoms with Crippen molar-refractivity contribution in [1.82, 2.24) is 4.90 Å². The van der Waals surface area contributed by atoms with Crippen molar-refractivity contribution >= 4 is 0 Å². The van der Waals surface area contributed by atoms with E-state index in [9.17, 15) is 0 Å². The molecular formula is C14H28N2. The number of likely N-dealkylation sites (N-methyl/N-ethyl adjacent to an activating group) is 1. The van der Waals surface area contributed by atoms with E-state index in [4.69, 9.17) is 5.73 Å². The van der Waals surface area contributed by atoms with E-state index in [2.05, 4.69) is 25.8 Å². The Hall–Kier alpha value is -0.0800. The molecule has 4 unspecified atom stereocenters. The summed E-state index contributed by atoms with van der Waals surface area (Å²) in [6, 6.07) is 1.83. The largest absolute Gasteiger partial charge is 0.326 e. The molecule has 0 amide bonds. The summed E-state index contributed by atoms with van der Waals surface area (Å²) < 4.78 is 0. The van der Waals surface area contributed by atoms with Gasteiger partial charge in [0.2, 0.25) is 0 Å². The predicted molar refractivity (Wildman–Crippen MR) is 69.3 cm³/mol. The van der Waals surface area contributed by atoms with Crippen molar-refractivity contribution in [2.75, 3.05) is 7.05 Å². The SMILES string of the molecule is CC1CC(C)C(N(C)C2CCCC2)C(N)C1. The minimum Gasteiger partial charge on any atom is -0.326 e. The van der Waals surface area contributed by atoms with Crippen molar-refractivity contribution in [3.63, 3.8) is 0 Å². The van der Waals surface area contributed by atoms with Gasteiger partial charge in [0.05, 0.1) is 0 Å². The molecule has 0 spiro atoms. The number of hydrogen-bond acceptors (Lipinski definition) is 2. The molecule has 2 rings (SSSR count). The van der Waals surface area contributed by atoms with Crippen LogP contribution >= 0.6 is 0 Å². The van der Waals surface area contributed by atoms with Gasteiger partial charge in [-0.2, -0.15) is 0 Å². The first kappa shape index (κ1) is 12.4. The van der Waals surface area contributed by atoms with E-state index >= 15 is 0 Å². The lowest BCUT2D eigenvalue weighted by atomic mass is 9.76. The molecule has 0 heterocycles. The minimum atomic E-state index is 0.393. The summed E-state index contributed by atoms with van der Waals surface area (Å²) in [4.78, 5) is 2.62. The number of rotatable bonds is 2. The van der Waals surface area contributed by atoms with Gasteiger partial charge in [-0.25, -0.2) is 0 Å². The molecule has 16 heavy (non-hydrogen) atoms. The molecule has 2 aliphatic carbocycles. The fourth-order valence-electron chi connectivity index (χ4n) is 4.15. The number of nitrogens with zero attached hydrogens (tertiary/aromatic N) is 1. The molecule has 2 saturated carbocycles. The van der Waals surface area contributed by atoms with Gasteiger partial charge in [0.15, 0.2) is 0 Å². The van der Waals surface area contributed by atoms with Crippen LogP contribution in [0.25, 0.3) is 0 Å². The van der Waals surface area contributed by atoms with Crippen LogP contribution in [0.5, 0.6) is 0 Å². The first-order chi connectivity index (χ1) is 7.59. The van der Waals surface area contributed by atoms with Crippen molar-refractivity contribution in [2.24, 2.45) is 17.6 Å². The third-order valence-electron chi connectivity index (χ3n) is 4.84. The molecule has 0 bridgehead atoms. The van der Waals surface area contributed by atoms with Gasteiger partial charge < -0.3 is 5.73 Å². The van der Waals surface area contributed by atoms with Gasteiger partial charge in [-0.15, -0.1) is 0 Å². The zero-order valence-corrected chi connectivity index (χ0v) is 11.2. The molecule has 2 N–H and O–H groups in total. The Balaban J connectivity index is 2.00. The van der Waals surface area contributed by atoms with Crippen LogP contribution in [-0.4, -0.2) is 30.1 Å². The third kappa shape index (κ3) is 2.43. The molecule has 2 fully saturated rings. The molecule has 4 atom stereocenters. The summed E-state index contributed by atoms with van der Waals surface area (Å²) in [5.41, 5.74) is 6.39. The van der Waals surface area contributed by atoms with E-state index in [-0.39, 0.29) is 0 Å². The topological polar surface area (TPSA) is 29.3 Å². The Labute approximate surface area is 101 Å². The third-order valence-corrected chi connectivity index (χ3v) is 4.84. The normalized spacial score (nSPS) is 41.8. The first-order valence-corrected chi connectivity index (χ1v) is 7.07. The smallest absolute Gasteiger partial charge is 0.0272 e. The van der Waals surface area contributed by atoms with Gasteiger partial charge in [0, 0.05) is 18.1 Å². The molecule has 0 aromatic rings.